The normalized spacial score (nSPS) is 20.1. The standard InChI is InChI=1S/C8H16N2O/c1-8(11)2-5-10-6-3-9-4-7-10/h9H,2-7H2,1H3. The highest BCUT2D eigenvalue weighted by Crippen LogP contribution is 1.94. The summed E-state index contributed by atoms with van der Waals surface area (Å²) in [6, 6.07) is 0. The van der Waals surface area contributed by atoms with Gasteiger partial charge < -0.3 is 10.2 Å². The second-order valence-corrected chi connectivity index (χ2v) is 3.04. The highest BCUT2D eigenvalue weighted by Gasteiger charge is 2.08. The Morgan fingerprint density at radius 1 is 1.45 bits per heavy atom. The molecule has 1 fully saturated rings. The van der Waals surface area contributed by atoms with Crippen molar-refractivity contribution >= 4 is 5.78 Å². The fourth-order valence-electron chi connectivity index (χ4n) is 1.25. The lowest BCUT2D eigenvalue weighted by Crippen LogP contribution is -2.44. The molecule has 0 radical (unpaired) electrons. The molecule has 0 amide bonds. The number of ketones is 1. The van der Waals surface area contributed by atoms with Gasteiger partial charge in [0.05, 0.1) is 0 Å². The lowest BCUT2D eigenvalue weighted by Gasteiger charge is -2.26. The van der Waals surface area contributed by atoms with Gasteiger partial charge in [-0.1, -0.05) is 0 Å². The van der Waals surface area contributed by atoms with E-state index in [0.29, 0.717) is 12.2 Å². The molecule has 3 nitrogen and oxygen atoms in total. The maximum Gasteiger partial charge on any atom is 0.131 e. The molecule has 1 saturated heterocycles. The molecular formula is C8H16N2O. The maximum atomic E-state index is 10.6. The van der Waals surface area contributed by atoms with Gasteiger partial charge in [-0.25, -0.2) is 0 Å². The molecule has 0 atom stereocenters. The van der Waals surface area contributed by atoms with Crippen LogP contribution in [0.1, 0.15) is 13.3 Å². The monoisotopic (exact) mass is 156 g/mol. The SMILES string of the molecule is CC(=O)CCN1CCNCC1. The van der Waals surface area contributed by atoms with E-state index >= 15 is 0 Å². The average Bonchev–Trinajstić information content (AvgIpc) is 2.03. The molecule has 0 unspecified atom stereocenters. The summed E-state index contributed by atoms with van der Waals surface area (Å²) in [5.74, 6) is 0.295. The van der Waals surface area contributed by atoms with E-state index in [1.807, 2.05) is 0 Å². The van der Waals surface area contributed by atoms with Gasteiger partial charge in [-0.05, 0) is 6.92 Å². The molecule has 0 aliphatic carbocycles. The van der Waals surface area contributed by atoms with Crippen molar-refractivity contribution in [1.29, 1.82) is 0 Å². The molecule has 1 heterocycles. The highest BCUT2D eigenvalue weighted by atomic mass is 16.1. The van der Waals surface area contributed by atoms with Crippen LogP contribution in [0.4, 0.5) is 0 Å². The average molecular weight is 156 g/mol. The number of piperazine rings is 1. The van der Waals surface area contributed by atoms with Crippen LogP contribution in [0.3, 0.4) is 0 Å². The Hall–Kier alpha value is -0.410. The number of Topliss-reactive ketones (excluding diaryl/α,β-unsaturated/α-hetero) is 1. The van der Waals surface area contributed by atoms with Gasteiger partial charge in [0.25, 0.3) is 0 Å². The van der Waals surface area contributed by atoms with Crippen LogP contribution in [0, 0.1) is 0 Å². The Kier molecular flexibility index (Phi) is 3.52. The van der Waals surface area contributed by atoms with Gasteiger partial charge >= 0.3 is 0 Å². The predicted octanol–water partition coefficient (Wildman–Crippen LogP) is -0.129. The minimum Gasteiger partial charge on any atom is -0.314 e. The summed E-state index contributed by atoms with van der Waals surface area (Å²) in [6.45, 7) is 6.91. The molecule has 0 aromatic rings. The number of carbonyl (C=O) groups excluding carboxylic acids is 1. The highest BCUT2D eigenvalue weighted by molar-refractivity contribution is 5.75. The van der Waals surface area contributed by atoms with E-state index in [9.17, 15) is 4.79 Å². The Labute approximate surface area is 67.8 Å². The largest absolute Gasteiger partial charge is 0.314 e. The van der Waals surface area contributed by atoms with Gasteiger partial charge in [-0.2, -0.15) is 0 Å². The first-order valence-corrected chi connectivity index (χ1v) is 4.21. The molecule has 1 rings (SSSR count). The molecule has 1 aliphatic rings. The first-order chi connectivity index (χ1) is 5.29. The molecule has 11 heavy (non-hydrogen) atoms. The van der Waals surface area contributed by atoms with Crippen molar-refractivity contribution in [2.24, 2.45) is 0 Å². The van der Waals surface area contributed by atoms with Crippen LogP contribution in [0.15, 0.2) is 0 Å². The molecule has 3 heteroatoms. The van der Waals surface area contributed by atoms with Crippen LogP contribution in [-0.4, -0.2) is 43.4 Å². The molecule has 0 saturated carbocycles. The van der Waals surface area contributed by atoms with Gasteiger partial charge in [-0.3, -0.25) is 4.79 Å². The van der Waals surface area contributed by atoms with Gasteiger partial charge in [0, 0.05) is 39.1 Å². The number of hydrogen-bond acceptors (Lipinski definition) is 3. The quantitative estimate of drug-likeness (QED) is 0.618. The van der Waals surface area contributed by atoms with E-state index in [0.717, 1.165) is 32.7 Å². The third kappa shape index (κ3) is 3.49. The van der Waals surface area contributed by atoms with Crippen molar-refractivity contribution in [1.82, 2.24) is 10.2 Å². The van der Waals surface area contributed by atoms with Crippen LogP contribution in [-0.2, 0) is 4.79 Å². The van der Waals surface area contributed by atoms with Gasteiger partial charge in [0.15, 0.2) is 0 Å². The second kappa shape index (κ2) is 4.46. The number of nitrogens with zero attached hydrogens (tertiary/aromatic N) is 1. The number of nitrogens with one attached hydrogen (secondary N) is 1. The molecule has 1 aliphatic heterocycles. The molecule has 0 spiro atoms. The van der Waals surface area contributed by atoms with Crippen LogP contribution in [0.25, 0.3) is 0 Å². The van der Waals surface area contributed by atoms with Crippen molar-refractivity contribution in [3.05, 3.63) is 0 Å². The summed E-state index contributed by atoms with van der Waals surface area (Å²) >= 11 is 0. The summed E-state index contributed by atoms with van der Waals surface area (Å²) in [4.78, 5) is 13.0. The minimum absolute atomic E-state index is 0.295. The summed E-state index contributed by atoms with van der Waals surface area (Å²) < 4.78 is 0. The smallest absolute Gasteiger partial charge is 0.131 e. The first-order valence-electron chi connectivity index (χ1n) is 4.21. The summed E-state index contributed by atoms with van der Waals surface area (Å²) in [5.41, 5.74) is 0. The van der Waals surface area contributed by atoms with Gasteiger partial charge in [0.2, 0.25) is 0 Å². The van der Waals surface area contributed by atoms with E-state index in [2.05, 4.69) is 10.2 Å². The number of carbonyl (C=O) groups is 1. The lowest BCUT2D eigenvalue weighted by atomic mass is 10.2. The number of rotatable bonds is 3. The maximum absolute atomic E-state index is 10.6. The zero-order chi connectivity index (χ0) is 8.10. The van der Waals surface area contributed by atoms with Crippen LogP contribution in [0.5, 0.6) is 0 Å². The Bertz CT molecular complexity index is 130. The summed E-state index contributed by atoms with van der Waals surface area (Å²) in [6.07, 6.45) is 0.708. The zero-order valence-electron chi connectivity index (χ0n) is 7.10. The van der Waals surface area contributed by atoms with Gasteiger partial charge in [-0.15, -0.1) is 0 Å². The summed E-state index contributed by atoms with van der Waals surface area (Å²) in [7, 11) is 0. The molecule has 0 aromatic carbocycles. The van der Waals surface area contributed by atoms with Crippen LogP contribution >= 0.6 is 0 Å². The van der Waals surface area contributed by atoms with E-state index < -0.39 is 0 Å². The van der Waals surface area contributed by atoms with Crippen molar-refractivity contribution in [2.75, 3.05) is 32.7 Å². The van der Waals surface area contributed by atoms with Crippen molar-refractivity contribution in [3.8, 4) is 0 Å². The van der Waals surface area contributed by atoms with E-state index in [1.165, 1.54) is 0 Å². The fourth-order valence-corrected chi connectivity index (χ4v) is 1.25. The molecule has 64 valence electrons. The summed E-state index contributed by atoms with van der Waals surface area (Å²) in [5, 5.41) is 3.28. The zero-order valence-corrected chi connectivity index (χ0v) is 7.10. The molecule has 0 aromatic heterocycles. The Morgan fingerprint density at radius 2 is 2.09 bits per heavy atom. The molecule has 1 N–H and O–H groups in total. The van der Waals surface area contributed by atoms with E-state index in [-0.39, 0.29) is 0 Å². The lowest BCUT2D eigenvalue weighted by molar-refractivity contribution is -0.117. The third-order valence-corrected chi connectivity index (χ3v) is 1.99. The van der Waals surface area contributed by atoms with Crippen LogP contribution in [0.2, 0.25) is 0 Å². The molecular weight excluding hydrogens is 140 g/mol. The van der Waals surface area contributed by atoms with E-state index in [1.54, 1.807) is 6.92 Å². The predicted molar refractivity (Wildman–Crippen MR) is 44.6 cm³/mol. The fraction of sp³-hybridized carbons (Fsp3) is 0.875. The molecule has 0 bridgehead atoms. The first kappa shape index (κ1) is 8.68. The number of hydrogen-bond donors (Lipinski definition) is 1. The van der Waals surface area contributed by atoms with E-state index in [4.69, 9.17) is 0 Å². The van der Waals surface area contributed by atoms with Crippen molar-refractivity contribution in [2.45, 2.75) is 13.3 Å². The topological polar surface area (TPSA) is 32.3 Å². The third-order valence-electron chi connectivity index (χ3n) is 1.99. The van der Waals surface area contributed by atoms with Crippen LogP contribution < -0.4 is 5.32 Å². The van der Waals surface area contributed by atoms with Crippen molar-refractivity contribution in [3.63, 3.8) is 0 Å². The Morgan fingerprint density at radius 3 is 2.64 bits per heavy atom. The van der Waals surface area contributed by atoms with Gasteiger partial charge in [0.1, 0.15) is 5.78 Å². The second-order valence-electron chi connectivity index (χ2n) is 3.04. The van der Waals surface area contributed by atoms with Crippen molar-refractivity contribution < 1.29 is 4.79 Å². The Balaban J connectivity index is 2.09. The minimum atomic E-state index is 0.295.